The van der Waals surface area contributed by atoms with Gasteiger partial charge in [-0.3, -0.25) is 9.59 Å². The third-order valence-electron chi connectivity index (χ3n) is 7.47. The zero-order chi connectivity index (χ0) is 25.2. The van der Waals surface area contributed by atoms with Gasteiger partial charge in [-0.2, -0.15) is 5.10 Å². The van der Waals surface area contributed by atoms with Gasteiger partial charge in [0.25, 0.3) is 5.91 Å². The number of hydrogen-bond donors (Lipinski definition) is 2. The average molecular weight is 523 g/mol. The zero-order valence-electron chi connectivity index (χ0n) is 19.2. The van der Waals surface area contributed by atoms with Crippen LogP contribution in [0.4, 0.5) is 10.1 Å². The molecular weight excluding hydrogens is 502 g/mol. The molecule has 3 aromatic carbocycles. The second-order valence-electron chi connectivity index (χ2n) is 9.42. The number of amidine groups is 1. The van der Waals surface area contributed by atoms with Crippen molar-refractivity contribution in [2.75, 3.05) is 11.9 Å². The van der Waals surface area contributed by atoms with Crippen LogP contribution < -0.4 is 10.7 Å². The summed E-state index contributed by atoms with van der Waals surface area (Å²) in [6, 6.07) is 16.5. The maximum absolute atomic E-state index is 14.7. The van der Waals surface area contributed by atoms with Gasteiger partial charge >= 0.3 is 0 Å². The first-order chi connectivity index (χ1) is 17.3. The number of fused-ring (bicyclic) bond motifs is 3. The van der Waals surface area contributed by atoms with E-state index in [2.05, 4.69) is 15.8 Å². The molecule has 3 heterocycles. The highest BCUT2D eigenvalue weighted by Gasteiger charge is 2.63. The molecule has 1 fully saturated rings. The van der Waals surface area contributed by atoms with Gasteiger partial charge in [-0.05, 0) is 65.6 Å². The summed E-state index contributed by atoms with van der Waals surface area (Å²) in [6.45, 7) is 1.86. The van der Waals surface area contributed by atoms with Gasteiger partial charge in [-0.15, -0.1) is 0 Å². The smallest absolute Gasteiger partial charge is 0.259 e. The topological polar surface area (TPSA) is 73.8 Å². The molecule has 2 amide bonds. The van der Waals surface area contributed by atoms with Crippen LogP contribution in [0.15, 0.2) is 65.8 Å². The first-order valence-corrected chi connectivity index (χ1v) is 12.3. The Balaban J connectivity index is 1.72. The molecule has 3 atom stereocenters. The number of nitrogens with zero attached hydrogens (tertiary/aromatic N) is 2. The van der Waals surface area contributed by atoms with E-state index < -0.39 is 23.2 Å². The van der Waals surface area contributed by atoms with Crippen LogP contribution in [-0.4, -0.2) is 29.1 Å². The largest absolute Gasteiger partial charge is 0.341 e. The Morgan fingerprint density at radius 1 is 1.06 bits per heavy atom. The third-order valence-corrected chi connectivity index (χ3v) is 7.94. The van der Waals surface area contributed by atoms with Gasteiger partial charge in [0.1, 0.15) is 23.6 Å². The Morgan fingerprint density at radius 2 is 1.86 bits per heavy atom. The van der Waals surface area contributed by atoms with Crippen molar-refractivity contribution in [2.24, 2.45) is 5.10 Å². The van der Waals surface area contributed by atoms with Gasteiger partial charge in [0, 0.05) is 28.1 Å². The zero-order valence-corrected chi connectivity index (χ0v) is 20.7. The molecule has 2 N–H and O–H groups in total. The lowest BCUT2D eigenvalue weighted by molar-refractivity contribution is -0.128. The highest BCUT2D eigenvalue weighted by atomic mass is 35.5. The Labute approximate surface area is 217 Å². The first-order valence-electron chi connectivity index (χ1n) is 11.5. The van der Waals surface area contributed by atoms with Crippen molar-refractivity contribution < 1.29 is 14.0 Å². The van der Waals surface area contributed by atoms with Gasteiger partial charge in [0.05, 0.1) is 6.04 Å². The normalized spacial score (nSPS) is 24.7. The van der Waals surface area contributed by atoms with Gasteiger partial charge < -0.3 is 10.2 Å². The predicted molar refractivity (Wildman–Crippen MR) is 137 cm³/mol. The van der Waals surface area contributed by atoms with E-state index in [9.17, 15) is 14.0 Å². The van der Waals surface area contributed by atoms with Crippen LogP contribution in [-0.2, 0) is 15.0 Å². The summed E-state index contributed by atoms with van der Waals surface area (Å²) >= 11 is 12.7. The molecule has 182 valence electrons. The number of hydrogen-bond acceptors (Lipinski definition) is 4. The fourth-order valence-electron chi connectivity index (χ4n) is 6.02. The van der Waals surface area contributed by atoms with Crippen molar-refractivity contribution in [1.82, 2.24) is 10.3 Å². The molecule has 36 heavy (non-hydrogen) atoms. The van der Waals surface area contributed by atoms with Gasteiger partial charge in [0.15, 0.2) is 0 Å². The lowest BCUT2D eigenvalue weighted by Gasteiger charge is -2.53. The van der Waals surface area contributed by atoms with Crippen molar-refractivity contribution in [2.45, 2.75) is 30.7 Å². The third kappa shape index (κ3) is 3.33. The monoisotopic (exact) mass is 522 g/mol. The Kier molecular flexibility index (Phi) is 5.32. The summed E-state index contributed by atoms with van der Waals surface area (Å²) in [4.78, 5) is 28.7. The molecule has 3 aliphatic heterocycles. The van der Waals surface area contributed by atoms with Crippen molar-refractivity contribution in [1.29, 1.82) is 0 Å². The minimum absolute atomic E-state index is 0.0142. The fraction of sp³-hybridized carbons (Fsp3) is 0.222. The molecule has 6 nitrogen and oxygen atoms in total. The van der Waals surface area contributed by atoms with Crippen LogP contribution in [0.5, 0.6) is 0 Å². The number of carbonyl (C=O) groups is 2. The molecule has 0 radical (unpaired) electrons. The fourth-order valence-corrected chi connectivity index (χ4v) is 6.40. The van der Waals surface area contributed by atoms with Gasteiger partial charge in [0.2, 0.25) is 5.91 Å². The highest BCUT2D eigenvalue weighted by Crippen LogP contribution is 2.60. The molecule has 0 saturated carbocycles. The second kappa shape index (κ2) is 8.32. The van der Waals surface area contributed by atoms with E-state index in [0.717, 1.165) is 16.7 Å². The van der Waals surface area contributed by atoms with Crippen molar-refractivity contribution >= 4 is 46.5 Å². The Hall–Kier alpha value is -3.42. The van der Waals surface area contributed by atoms with E-state index in [-0.39, 0.29) is 18.4 Å². The number of halogens is 3. The van der Waals surface area contributed by atoms with Crippen molar-refractivity contribution in [3.63, 3.8) is 0 Å². The molecule has 6 rings (SSSR count). The molecular formula is C27H21Cl2FN4O2. The molecule has 3 aromatic rings. The molecule has 0 aliphatic carbocycles. The highest BCUT2D eigenvalue weighted by molar-refractivity contribution is 6.31. The molecule has 0 unspecified atom stereocenters. The van der Waals surface area contributed by atoms with E-state index in [1.807, 2.05) is 36.1 Å². The van der Waals surface area contributed by atoms with E-state index in [1.54, 1.807) is 24.3 Å². The SMILES string of the molecule is Cc1ccc(F)cc1[C@H]1N2CC(=O)NN=C2C[C@@H](c2cccc(Cl)c2)[C@]12C(=O)Nc1cc(Cl)ccc12. The number of anilines is 1. The minimum atomic E-state index is -1.22. The predicted octanol–water partition coefficient (Wildman–Crippen LogP) is 5.30. The van der Waals surface area contributed by atoms with Crippen molar-refractivity contribution in [3.8, 4) is 0 Å². The Morgan fingerprint density at radius 3 is 2.67 bits per heavy atom. The summed E-state index contributed by atoms with van der Waals surface area (Å²) in [7, 11) is 0. The number of hydrazone groups is 1. The number of rotatable bonds is 2. The van der Waals surface area contributed by atoms with Crippen LogP contribution in [0.25, 0.3) is 0 Å². The van der Waals surface area contributed by atoms with E-state index in [0.29, 0.717) is 33.6 Å². The van der Waals surface area contributed by atoms with Crippen LogP contribution >= 0.6 is 23.2 Å². The van der Waals surface area contributed by atoms with E-state index >= 15 is 0 Å². The Bertz CT molecular complexity index is 1480. The van der Waals surface area contributed by atoms with Crippen molar-refractivity contribution in [3.05, 3.63) is 98.8 Å². The van der Waals surface area contributed by atoms with E-state index in [1.165, 1.54) is 12.1 Å². The molecule has 1 spiro atoms. The lowest BCUT2D eigenvalue weighted by atomic mass is 9.58. The molecule has 0 aromatic heterocycles. The number of benzene rings is 3. The quantitative estimate of drug-likeness (QED) is 0.479. The summed E-state index contributed by atoms with van der Waals surface area (Å²) in [5.41, 5.74) is 4.94. The standard InChI is InChI=1S/C27H21Cl2FN4O2/c1-14-5-7-18(30)11-19(14)25-27(20-8-6-17(29)10-22(20)31-26(27)36)21(15-3-2-4-16(28)9-15)12-23-32-33-24(35)13-34(23)25/h2-11,21,25H,12-13H2,1H3,(H,31,36)(H,33,35)/t21-,25+,27-/m0/s1. The summed E-state index contributed by atoms with van der Waals surface area (Å²) < 4.78 is 14.7. The number of nitrogens with one attached hydrogen (secondary N) is 2. The number of carbonyl (C=O) groups excluding carboxylic acids is 2. The van der Waals surface area contributed by atoms with Crippen LogP contribution in [0, 0.1) is 12.7 Å². The van der Waals surface area contributed by atoms with Gasteiger partial charge in [-0.25, -0.2) is 9.82 Å². The first kappa shape index (κ1) is 23.0. The number of piperidine rings is 1. The van der Waals surface area contributed by atoms with Crippen LogP contribution in [0.2, 0.25) is 10.0 Å². The summed E-state index contributed by atoms with van der Waals surface area (Å²) in [5, 5.41) is 8.43. The molecule has 1 saturated heterocycles. The summed E-state index contributed by atoms with van der Waals surface area (Å²) in [5.74, 6) is -0.775. The second-order valence-corrected chi connectivity index (χ2v) is 10.3. The maximum atomic E-state index is 14.7. The minimum Gasteiger partial charge on any atom is -0.341 e. The van der Waals surface area contributed by atoms with Crippen LogP contribution in [0.1, 0.15) is 40.6 Å². The lowest BCUT2D eigenvalue weighted by Crippen LogP contribution is -2.61. The van der Waals surface area contributed by atoms with E-state index in [4.69, 9.17) is 23.2 Å². The molecule has 0 bridgehead atoms. The van der Waals surface area contributed by atoms with Crippen LogP contribution in [0.3, 0.4) is 0 Å². The molecule has 9 heteroatoms. The average Bonchev–Trinajstić information content (AvgIpc) is 3.11. The maximum Gasteiger partial charge on any atom is 0.259 e. The summed E-state index contributed by atoms with van der Waals surface area (Å²) in [6.07, 6.45) is 0.362. The number of amides is 2. The number of aryl methyl sites for hydroxylation is 1. The molecule has 3 aliphatic rings. The van der Waals surface area contributed by atoms with Gasteiger partial charge in [-0.1, -0.05) is 47.5 Å².